The molecule has 3 heterocycles. The van der Waals surface area contributed by atoms with E-state index >= 15 is 0 Å². The van der Waals surface area contributed by atoms with Gasteiger partial charge >= 0.3 is 6.03 Å². The minimum absolute atomic E-state index is 0.0631. The van der Waals surface area contributed by atoms with Crippen molar-refractivity contribution >= 4 is 11.9 Å². The summed E-state index contributed by atoms with van der Waals surface area (Å²) in [6, 6.07) is 0.378. The second-order valence-electron chi connectivity index (χ2n) is 6.01. The van der Waals surface area contributed by atoms with Crippen molar-refractivity contribution < 1.29 is 9.59 Å². The van der Waals surface area contributed by atoms with Crippen molar-refractivity contribution in [2.24, 2.45) is 5.92 Å². The summed E-state index contributed by atoms with van der Waals surface area (Å²) < 4.78 is 0. The second kappa shape index (κ2) is 5.99. The smallest absolute Gasteiger partial charge is 0.317 e. The number of hydrogen-bond donors (Lipinski definition) is 2. The molecular weight excluding hydrogens is 256 g/mol. The number of likely N-dealkylation sites (tertiary alicyclic amines) is 1. The molecule has 3 aliphatic heterocycles. The maximum Gasteiger partial charge on any atom is 0.317 e. The summed E-state index contributed by atoms with van der Waals surface area (Å²) in [7, 11) is 0. The Morgan fingerprint density at radius 2 is 1.70 bits per heavy atom. The highest BCUT2D eigenvalue weighted by atomic mass is 16.2. The average molecular weight is 280 g/mol. The topological polar surface area (TPSA) is 64.7 Å². The molecule has 0 aromatic rings. The first-order valence-electron chi connectivity index (χ1n) is 7.79. The number of nitrogens with zero attached hydrogens (tertiary/aromatic N) is 2. The van der Waals surface area contributed by atoms with Gasteiger partial charge in [0.15, 0.2) is 0 Å². The van der Waals surface area contributed by atoms with Crippen molar-refractivity contribution in [2.45, 2.75) is 31.7 Å². The van der Waals surface area contributed by atoms with Crippen molar-refractivity contribution in [2.75, 3.05) is 39.3 Å². The monoisotopic (exact) mass is 280 g/mol. The highest BCUT2D eigenvalue weighted by molar-refractivity contribution is 5.79. The highest BCUT2D eigenvalue weighted by Gasteiger charge is 2.33. The molecule has 0 atom stereocenters. The van der Waals surface area contributed by atoms with Gasteiger partial charge in [-0.05, 0) is 38.8 Å². The number of urea groups is 1. The third kappa shape index (κ3) is 2.75. The molecule has 20 heavy (non-hydrogen) atoms. The standard InChI is InChI=1S/C14H24N4O2/c19-13(11-1-5-15-6-2-11)17-8-3-12(4-9-17)18-10-7-16-14(18)20/h11-12,15H,1-10H2,(H,16,20). The van der Waals surface area contributed by atoms with Gasteiger partial charge in [0.25, 0.3) is 0 Å². The number of amides is 3. The van der Waals surface area contributed by atoms with Crippen LogP contribution in [0.25, 0.3) is 0 Å². The van der Waals surface area contributed by atoms with Crippen LogP contribution in [-0.2, 0) is 4.79 Å². The Balaban J connectivity index is 1.50. The van der Waals surface area contributed by atoms with Crippen LogP contribution < -0.4 is 10.6 Å². The molecule has 6 nitrogen and oxygen atoms in total. The molecule has 0 bridgehead atoms. The van der Waals surface area contributed by atoms with Crippen molar-refractivity contribution in [3.05, 3.63) is 0 Å². The molecule has 3 aliphatic rings. The van der Waals surface area contributed by atoms with E-state index in [1.54, 1.807) is 0 Å². The third-order valence-electron chi connectivity index (χ3n) is 4.80. The Bertz CT molecular complexity index is 373. The van der Waals surface area contributed by atoms with Crippen LogP contribution in [0.15, 0.2) is 0 Å². The van der Waals surface area contributed by atoms with Crippen LogP contribution in [0.5, 0.6) is 0 Å². The SMILES string of the molecule is O=C(C1CCNCC1)N1CCC(N2CCNC2=O)CC1. The Morgan fingerprint density at radius 3 is 2.30 bits per heavy atom. The molecule has 2 N–H and O–H groups in total. The van der Waals surface area contributed by atoms with E-state index < -0.39 is 0 Å². The molecule has 0 aromatic carbocycles. The van der Waals surface area contributed by atoms with E-state index in [1.807, 2.05) is 9.80 Å². The number of piperidine rings is 2. The summed E-state index contributed by atoms with van der Waals surface area (Å²) >= 11 is 0. The fraction of sp³-hybridized carbons (Fsp3) is 0.857. The van der Waals surface area contributed by atoms with E-state index in [-0.39, 0.29) is 11.9 Å². The Labute approximate surface area is 119 Å². The molecule has 0 aliphatic carbocycles. The van der Waals surface area contributed by atoms with Gasteiger partial charge in [0.05, 0.1) is 0 Å². The predicted molar refractivity (Wildman–Crippen MR) is 75.3 cm³/mol. The van der Waals surface area contributed by atoms with Crippen LogP contribution in [-0.4, -0.2) is 67.0 Å². The zero-order valence-corrected chi connectivity index (χ0v) is 11.9. The molecule has 0 spiro atoms. The van der Waals surface area contributed by atoms with Crippen LogP contribution in [0.3, 0.4) is 0 Å². The fourth-order valence-electron chi connectivity index (χ4n) is 3.56. The molecule has 3 fully saturated rings. The van der Waals surface area contributed by atoms with Crippen LogP contribution in [0.4, 0.5) is 4.79 Å². The van der Waals surface area contributed by atoms with E-state index in [4.69, 9.17) is 0 Å². The lowest BCUT2D eigenvalue weighted by molar-refractivity contribution is -0.137. The van der Waals surface area contributed by atoms with Gasteiger partial charge in [-0.1, -0.05) is 0 Å². The maximum absolute atomic E-state index is 12.5. The number of nitrogens with one attached hydrogen (secondary N) is 2. The van der Waals surface area contributed by atoms with Gasteiger partial charge in [-0.15, -0.1) is 0 Å². The first-order chi connectivity index (χ1) is 9.75. The van der Waals surface area contributed by atoms with E-state index in [2.05, 4.69) is 10.6 Å². The zero-order chi connectivity index (χ0) is 13.9. The second-order valence-corrected chi connectivity index (χ2v) is 6.01. The molecule has 3 saturated heterocycles. The van der Waals surface area contributed by atoms with Crippen LogP contribution in [0.1, 0.15) is 25.7 Å². The molecule has 3 rings (SSSR count). The van der Waals surface area contributed by atoms with Crippen LogP contribution in [0, 0.1) is 5.92 Å². The number of carbonyl (C=O) groups excluding carboxylic acids is 2. The lowest BCUT2D eigenvalue weighted by atomic mass is 9.94. The first-order valence-corrected chi connectivity index (χ1v) is 7.79. The summed E-state index contributed by atoms with van der Waals surface area (Å²) in [6.45, 7) is 5.09. The van der Waals surface area contributed by atoms with Gasteiger partial charge in [0.2, 0.25) is 5.91 Å². The van der Waals surface area contributed by atoms with Gasteiger partial charge in [0.1, 0.15) is 0 Å². The van der Waals surface area contributed by atoms with E-state index in [9.17, 15) is 9.59 Å². The molecule has 112 valence electrons. The van der Waals surface area contributed by atoms with Crippen molar-refractivity contribution in [1.82, 2.24) is 20.4 Å². The number of carbonyl (C=O) groups is 2. The molecule has 3 amide bonds. The van der Waals surface area contributed by atoms with Crippen LogP contribution in [0.2, 0.25) is 0 Å². The normalized spacial score (nSPS) is 25.9. The van der Waals surface area contributed by atoms with E-state index in [0.717, 1.165) is 65.0 Å². The highest BCUT2D eigenvalue weighted by Crippen LogP contribution is 2.22. The molecule has 0 aromatic heterocycles. The third-order valence-corrected chi connectivity index (χ3v) is 4.80. The molecular formula is C14H24N4O2. The largest absolute Gasteiger partial charge is 0.342 e. The number of hydrogen-bond acceptors (Lipinski definition) is 3. The van der Waals surface area contributed by atoms with Crippen LogP contribution >= 0.6 is 0 Å². The van der Waals surface area contributed by atoms with Crippen molar-refractivity contribution in [1.29, 1.82) is 0 Å². The van der Waals surface area contributed by atoms with Gasteiger partial charge in [-0.3, -0.25) is 4.79 Å². The quantitative estimate of drug-likeness (QED) is 0.748. The van der Waals surface area contributed by atoms with Crippen molar-refractivity contribution in [3.8, 4) is 0 Å². The molecule has 0 radical (unpaired) electrons. The van der Waals surface area contributed by atoms with Gasteiger partial charge < -0.3 is 20.4 Å². The van der Waals surface area contributed by atoms with E-state index in [1.165, 1.54) is 0 Å². The Morgan fingerprint density at radius 1 is 1.00 bits per heavy atom. The van der Waals surface area contributed by atoms with E-state index in [0.29, 0.717) is 11.9 Å². The lowest BCUT2D eigenvalue weighted by Gasteiger charge is -2.38. The fourth-order valence-corrected chi connectivity index (χ4v) is 3.56. The summed E-state index contributed by atoms with van der Waals surface area (Å²) in [4.78, 5) is 28.1. The first kappa shape index (κ1) is 13.7. The van der Waals surface area contributed by atoms with Gasteiger partial charge in [0, 0.05) is 38.1 Å². The summed E-state index contributed by atoms with van der Waals surface area (Å²) in [5.41, 5.74) is 0. The van der Waals surface area contributed by atoms with Gasteiger partial charge in [-0.2, -0.15) is 0 Å². The summed E-state index contributed by atoms with van der Waals surface area (Å²) in [5.74, 6) is 0.540. The van der Waals surface area contributed by atoms with Gasteiger partial charge in [-0.25, -0.2) is 4.79 Å². The minimum atomic E-state index is 0.0631. The number of rotatable bonds is 2. The molecule has 6 heteroatoms. The average Bonchev–Trinajstić information content (AvgIpc) is 2.94. The summed E-state index contributed by atoms with van der Waals surface area (Å²) in [6.07, 6.45) is 3.77. The predicted octanol–water partition coefficient (Wildman–Crippen LogP) is 0.00220. The lowest BCUT2D eigenvalue weighted by Crippen LogP contribution is -2.49. The molecule has 0 saturated carbocycles. The Kier molecular flexibility index (Phi) is 4.10. The Hall–Kier alpha value is -1.30. The van der Waals surface area contributed by atoms with Crippen molar-refractivity contribution in [3.63, 3.8) is 0 Å². The zero-order valence-electron chi connectivity index (χ0n) is 11.9. The summed E-state index contributed by atoms with van der Waals surface area (Å²) in [5, 5.41) is 6.15. The maximum atomic E-state index is 12.5. The molecule has 0 unspecified atom stereocenters. The minimum Gasteiger partial charge on any atom is -0.342 e.